The van der Waals surface area contributed by atoms with E-state index in [1.54, 1.807) is 6.20 Å². The maximum Gasteiger partial charge on any atom is 0.328 e. The van der Waals surface area contributed by atoms with Gasteiger partial charge in [-0.2, -0.15) is 0 Å². The van der Waals surface area contributed by atoms with E-state index in [9.17, 15) is 19.2 Å². The number of imide groups is 1. The first kappa shape index (κ1) is 28.2. The van der Waals surface area contributed by atoms with E-state index in [-0.39, 0.29) is 23.8 Å². The minimum absolute atomic E-state index is 0. The molecular weight excluding hydrogens is 462 g/mol. The predicted molar refractivity (Wildman–Crippen MR) is 129 cm³/mol. The molecule has 11 heteroatoms. The number of ether oxygens (including phenoxy) is 1. The van der Waals surface area contributed by atoms with E-state index in [2.05, 4.69) is 10.3 Å². The van der Waals surface area contributed by atoms with Gasteiger partial charge in [-0.05, 0) is 36.2 Å². The molecule has 1 aliphatic heterocycles. The van der Waals surface area contributed by atoms with Crippen molar-refractivity contribution >= 4 is 40.7 Å². The van der Waals surface area contributed by atoms with Crippen LogP contribution < -0.4 is 15.0 Å². The summed E-state index contributed by atoms with van der Waals surface area (Å²) in [7, 11) is 1.97. The van der Waals surface area contributed by atoms with Gasteiger partial charge >= 0.3 is 11.9 Å². The number of thioether (sulfide) groups is 1. The number of carbonyl (C=O) groups excluding carboxylic acids is 2. The van der Waals surface area contributed by atoms with Crippen LogP contribution in [0.4, 0.5) is 10.6 Å². The number of benzene rings is 1. The number of aliphatic carboxylic acids is 2. The van der Waals surface area contributed by atoms with E-state index >= 15 is 0 Å². The molecule has 2 heterocycles. The minimum Gasteiger partial charge on any atom is -0.492 e. The van der Waals surface area contributed by atoms with Crippen LogP contribution in [0.15, 0.2) is 60.8 Å². The number of nitrogens with zero attached hydrogens (tertiary/aromatic N) is 2. The van der Waals surface area contributed by atoms with Gasteiger partial charge in [0.2, 0.25) is 5.91 Å². The molecule has 3 N–H and O–H groups in total. The van der Waals surface area contributed by atoms with Gasteiger partial charge in [0.05, 0.1) is 11.8 Å². The Kier molecular flexibility index (Phi) is 11.9. The van der Waals surface area contributed by atoms with Gasteiger partial charge in [0, 0.05) is 25.4 Å². The molecule has 2 aromatic rings. The topological polar surface area (TPSA) is 146 Å². The number of aromatic nitrogens is 1. The summed E-state index contributed by atoms with van der Waals surface area (Å²) < 4.78 is 5.75. The smallest absolute Gasteiger partial charge is 0.328 e. The molecule has 0 aliphatic carbocycles. The molecule has 34 heavy (non-hydrogen) atoms. The van der Waals surface area contributed by atoms with E-state index in [1.165, 1.54) is 0 Å². The Morgan fingerprint density at radius 3 is 2.26 bits per heavy atom. The number of nitrogens with one attached hydrogen (secondary N) is 1. The second kappa shape index (κ2) is 14.3. The summed E-state index contributed by atoms with van der Waals surface area (Å²) in [4.78, 5) is 48.2. The van der Waals surface area contributed by atoms with Crippen molar-refractivity contribution in [2.45, 2.75) is 19.1 Å². The molecular formula is C23H27N3O7S. The maximum absolute atomic E-state index is 11.6. The summed E-state index contributed by atoms with van der Waals surface area (Å²) >= 11 is 1.05. The molecule has 3 rings (SSSR count). The molecule has 1 aromatic heterocycles. The Balaban J connectivity index is 0.000000556. The number of carboxylic acid groups (broad SMARTS) is 2. The highest BCUT2D eigenvalue weighted by Gasteiger charge is 2.31. The Morgan fingerprint density at radius 2 is 1.76 bits per heavy atom. The van der Waals surface area contributed by atoms with Crippen molar-refractivity contribution in [3.8, 4) is 5.75 Å². The van der Waals surface area contributed by atoms with Gasteiger partial charge in [-0.1, -0.05) is 37.4 Å². The lowest BCUT2D eigenvalue weighted by Gasteiger charge is -2.18. The number of pyridine rings is 1. The highest BCUT2D eigenvalue weighted by atomic mass is 32.2. The van der Waals surface area contributed by atoms with Crippen LogP contribution in [-0.2, 0) is 20.8 Å². The zero-order valence-electron chi connectivity index (χ0n) is 17.7. The fourth-order valence-corrected chi connectivity index (χ4v) is 3.46. The molecule has 0 saturated carbocycles. The molecule has 10 nitrogen and oxygen atoms in total. The predicted octanol–water partition coefficient (Wildman–Crippen LogP) is 2.84. The lowest BCUT2D eigenvalue weighted by Crippen LogP contribution is -2.25. The molecule has 1 atom stereocenters. The molecule has 0 bridgehead atoms. The fourth-order valence-electron chi connectivity index (χ4n) is 2.60. The van der Waals surface area contributed by atoms with Crippen LogP contribution in [0.25, 0.3) is 0 Å². The lowest BCUT2D eigenvalue weighted by atomic mass is 10.1. The first-order chi connectivity index (χ1) is 15.7. The molecule has 2 amide bonds. The van der Waals surface area contributed by atoms with Gasteiger partial charge < -0.3 is 19.8 Å². The minimum atomic E-state index is -1.26. The number of hydrogen-bond acceptors (Lipinski definition) is 8. The second-order valence-corrected chi connectivity index (χ2v) is 7.87. The SMILES string of the molecule is C.CN(CCOc1ccc(CC2SC(=O)NC2=O)cc1)c1ccccn1.O=C(O)/C=C\C(=O)O. The number of carboxylic acids is 2. The highest BCUT2D eigenvalue weighted by molar-refractivity contribution is 8.15. The summed E-state index contributed by atoms with van der Waals surface area (Å²) in [5.74, 6) is -1.05. The Labute approximate surface area is 201 Å². The molecule has 1 aliphatic rings. The van der Waals surface area contributed by atoms with E-state index in [0.717, 1.165) is 35.4 Å². The van der Waals surface area contributed by atoms with E-state index in [0.29, 0.717) is 25.2 Å². The van der Waals surface area contributed by atoms with E-state index < -0.39 is 11.9 Å². The monoisotopic (exact) mass is 489 g/mol. The van der Waals surface area contributed by atoms with Gasteiger partial charge in [0.25, 0.3) is 5.24 Å². The standard InChI is InChI=1S/C18H19N3O3S.C4H4O4.CH4/c1-21(16-4-2-3-9-19-16)10-11-24-14-7-5-13(6-8-14)12-15-17(22)20-18(23)25-15;5-3(6)1-2-4(7)8;/h2-9,15H,10-12H2,1H3,(H,20,22,23);1-2H,(H,5,6)(H,7,8);1H4/b;2-1-;. The fraction of sp³-hybridized carbons (Fsp3) is 0.261. The number of carbonyl (C=O) groups is 4. The third-order valence-electron chi connectivity index (χ3n) is 4.22. The molecule has 0 spiro atoms. The van der Waals surface area contributed by atoms with Crippen molar-refractivity contribution in [1.29, 1.82) is 0 Å². The third-order valence-corrected chi connectivity index (χ3v) is 5.20. The van der Waals surface area contributed by atoms with Gasteiger partial charge in [-0.3, -0.25) is 14.9 Å². The van der Waals surface area contributed by atoms with Gasteiger partial charge in [0.1, 0.15) is 18.2 Å². The van der Waals surface area contributed by atoms with Crippen molar-refractivity contribution in [3.05, 3.63) is 66.4 Å². The van der Waals surface area contributed by atoms with Crippen molar-refractivity contribution in [2.75, 3.05) is 25.1 Å². The quantitative estimate of drug-likeness (QED) is 0.449. The summed E-state index contributed by atoms with van der Waals surface area (Å²) in [6.07, 6.45) is 3.41. The first-order valence-electron chi connectivity index (χ1n) is 9.74. The van der Waals surface area contributed by atoms with E-state index in [4.69, 9.17) is 14.9 Å². The number of hydrogen-bond donors (Lipinski definition) is 3. The zero-order valence-corrected chi connectivity index (χ0v) is 18.5. The van der Waals surface area contributed by atoms with Crippen molar-refractivity contribution in [1.82, 2.24) is 10.3 Å². The zero-order chi connectivity index (χ0) is 24.2. The van der Waals surface area contributed by atoms with Gasteiger partial charge in [-0.25, -0.2) is 14.6 Å². The van der Waals surface area contributed by atoms with Crippen molar-refractivity contribution < 1.29 is 34.1 Å². The molecule has 1 fully saturated rings. The van der Waals surface area contributed by atoms with Crippen molar-refractivity contribution in [2.24, 2.45) is 0 Å². The first-order valence-corrected chi connectivity index (χ1v) is 10.6. The van der Waals surface area contributed by atoms with Crippen LogP contribution in [0.2, 0.25) is 0 Å². The summed E-state index contributed by atoms with van der Waals surface area (Å²) in [5.41, 5.74) is 1.00. The molecule has 182 valence electrons. The second-order valence-electron chi connectivity index (χ2n) is 6.70. The Bertz CT molecular complexity index is 981. The van der Waals surface area contributed by atoms with Gasteiger partial charge in [0.15, 0.2) is 0 Å². The van der Waals surface area contributed by atoms with Crippen molar-refractivity contribution in [3.63, 3.8) is 0 Å². The maximum atomic E-state index is 11.6. The summed E-state index contributed by atoms with van der Waals surface area (Å²) in [6, 6.07) is 13.4. The van der Waals surface area contributed by atoms with Crippen LogP contribution in [0.5, 0.6) is 5.75 Å². The summed E-state index contributed by atoms with van der Waals surface area (Å²) in [5, 5.41) is 17.3. The van der Waals surface area contributed by atoms with Crippen LogP contribution in [-0.4, -0.2) is 63.7 Å². The largest absolute Gasteiger partial charge is 0.492 e. The molecule has 1 aromatic carbocycles. The normalized spacial score (nSPS) is 14.4. The summed E-state index contributed by atoms with van der Waals surface area (Å²) in [6.45, 7) is 1.27. The Morgan fingerprint density at radius 1 is 1.12 bits per heavy atom. The Hall–Kier alpha value is -3.86. The number of anilines is 1. The van der Waals surface area contributed by atoms with Crippen LogP contribution in [0, 0.1) is 0 Å². The highest BCUT2D eigenvalue weighted by Crippen LogP contribution is 2.23. The molecule has 0 radical (unpaired) electrons. The molecule has 1 saturated heterocycles. The molecule has 1 unspecified atom stereocenters. The van der Waals surface area contributed by atoms with Crippen LogP contribution in [0.3, 0.4) is 0 Å². The van der Waals surface area contributed by atoms with Crippen LogP contribution in [0.1, 0.15) is 13.0 Å². The van der Waals surface area contributed by atoms with E-state index in [1.807, 2.05) is 54.4 Å². The number of amides is 2. The average Bonchev–Trinajstić information content (AvgIpc) is 3.11. The number of likely N-dealkylation sites (N-methyl/N-ethyl adjacent to an activating group) is 1. The third kappa shape index (κ3) is 10.2. The lowest BCUT2D eigenvalue weighted by molar-refractivity contribution is -0.134. The van der Waals surface area contributed by atoms with Gasteiger partial charge in [-0.15, -0.1) is 0 Å². The van der Waals surface area contributed by atoms with Crippen LogP contribution >= 0.6 is 11.8 Å². The number of rotatable bonds is 9. The average molecular weight is 490 g/mol.